The maximum absolute atomic E-state index is 12.1. The fourth-order valence-electron chi connectivity index (χ4n) is 1.91. The van der Waals surface area contributed by atoms with Gasteiger partial charge in [0.1, 0.15) is 12.2 Å². The molecule has 0 heterocycles. The van der Waals surface area contributed by atoms with Gasteiger partial charge in [0.2, 0.25) is 5.78 Å². The number of nitro groups is 1. The molecule has 1 aromatic carbocycles. The molecule has 1 rings (SSSR count). The molecule has 0 aliphatic heterocycles. The predicted molar refractivity (Wildman–Crippen MR) is 92.1 cm³/mol. The molecule has 0 atom stereocenters. The van der Waals surface area contributed by atoms with Gasteiger partial charge in [-0.05, 0) is 52.3 Å². The lowest BCUT2D eigenvalue weighted by Gasteiger charge is -2.27. The van der Waals surface area contributed by atoms with Crippen LogP contribution in [0.2, 0.25) is 0 Å². The summed E-state index contributed by atoms with van der Waals surface area (Å²) in [6.07, 6.45) is -0.346. The van der Waals surface area contributed by atoms with Crippen LogP contribution in [0.3, 0.4) is 0 Å². The monoisotopic (exact) mass is 365 g/mol. The number of carbonyl (C=O) groups is 3. The minimum atomic E-state index is -1.17. The van der Waals surface area contributed by atoms with Crippen LogP contribution in [0.25, 0.3) is 0 Å². The molecule has 0 radical (unpaired) electrons. The molecule has 0 aliphatic rings. The molecule has 0 aromatic heterocycles. The number of benzene rings is 1. The quantitative estimate of drug-likeness (QED) is 0.316. The van der Waals surface area contributed by atoms with E-state index in [2.05, 4.69) is 0 Å². The maximum Gasteiger partial charge on any atom is 0.374 e. The van der Waals surface area contributed by atoms with E-state index in [4.69, 9.17) is 9.47 Å². The molecule has 0 N–H and O–H groups in total. The van der Waals surface area contributed by atoms with Crippen molar-refractivity contribution in [2.24, 2.45) is 5.41 Å². The second-order valence-electron chi connectivity index (χ2n) is 7.49. The largest absolute Gasteiger partial charge is 0.460 e. The topological polar surface area (TPSA) is 113 Å². The van der Waals surface area contributed by atoms with Crippen LogP contribution in [0.15, 0.2) is 24.3 Å². The lowest BCUT2D eigenvalue weighted by molar-refractivity contribution is -0.384. The van der Waals surface area contributed by atoms with E-state index >= 15 is 0 Å². The first-order valence-electron chi connectivity index (χ1n) is 7.98. The van der Waals surface area contributed by atoms with Crippen molar-refractivity contribution in [2.75, 3.05) is 0 Å². The van der Waals surface area contributed by atoms with Crippen molar-refractivity contribution in [2.45, 2.75) is 53.2 Å². The van der Waals surface area contributed by atoms with E-state index in [0.29, 0.717) is 5.56 Å². The van der Waals surface area contributed by atoms with Gasteiger partial charge in [-0.3, -0.25) is 19.7 Å². The highest BCUT2D eigenvalue weighted by Gasteiger charge is 2.36. The highest BCUT2D eigenvalue weighted by atomic mass is 16.6. The number of non-ortho nitro benzene ring substituents is 1. The Labute approximate surface area is 151 Å². The molecular formula is C18H23NO7. The smallest absolute Gasteiger partial charge is 0.374 e. The highest BCUT2D eigenvalue weighted by molar-refractivity contribution is 6.34. The third-order valence-corrected chi connectivity index (χ3v) is 3.30. The molecule has 0 spiro atoms. The summed E-state index contributed by atoms with van der Waals surface area (Å²) in [5, 5.41) is 10.6. The molecule has 0 saturated carbocycles. The van der Waals surface area contributed by atoms with Crippen molar-refractivity contribution in [3.63, 3.8) is 0 Å². The van der Waals surface area contributed by atoms with Crippen LogP contribution in [0.5, 0.6) is 0 Å². The van der Waals surface area contributed by atoms with Gasteiger partial charge in [-0.25, -0.2) is 4.79 Å². The summed E-state index contributed by atoms with van der Waals surface area (Å²) >= 11 is 0. The summed E-state index contributed by atoms with van der Waals surface area (Å²) in [6.45, 7) is 7.96. The molecule has 0 amide bonds. The van der Waals surface area contributed by atoms with E-state index < -0.39 is 33.7 Å². The third-order valence-electron chi connectivity index (χ3n) is 3.30. The summed E-state index contributed by atoms with van der Waals surface area (Å²) in [5.74, 6) is -2.50. The van der Waals surface area contributed by atoms with Crippen molar-refractivity contribution in [3.8, 4) is 0 Å². The molecule has 0 fully saturated rings. The van der Waals surface area contributed by atoms with Crippen LogP contribution < -0.4 is 0 Å². The van der Waals surface area contributed by atoms with Crippen LogP contribution >= 0.6 is 0 Å². The van der Waals surface area contributed by atoms with Gasteiger partial charge in [-0.15, -0.1) is 0 Å². The average Bonchev–Trinajstić information content (AvgIpc) is 2.50. The number of hydrogen-bond acceptors (Lipinski definition) is 7. The van der Waals surface area contributed by atoms with Crippen LogP contribution in [0, 0.1) is 15.5 Å². The normalized spacial score (nSPS) is 11.6. The number of rotatable bonds is 7. The molecule has 26 heavy (non-hydrogen) atoms. The van der Waals surface area contributed by atoms with Crippen LogP contribution in [0.1, 0.15) is 46.6 Å². The summed E-state index contributed by atoms with van der Waals surface area (Å²) in [4.78, 5) is 46.0. The molecule has 0 bridgehead atoms. The minimum Gasteiger partial charge on any atom is -0.460 e. The Balaban J connectivity index is 2.60. The fourth-order valence-corrected chi connectivity index (χ4v) is 1.91. The zero-order valence-electron chi connectivity index (χ0n) is 15.5. The second kappa shape index (κ2) is 8.07. The van der Waals surface area contributed by atoms with Gasteiger partial charge in [0.25, 0.3) is 5.69 Å². The summed E-state index contributed by atoms with van der Waals surface area (Å²) in [7, 11) is 0. The molecule has 0 unspecified atom stereocenters. The Bertz CT molecular complexity index is 699. The van der Waals surface area contributed by atoms with Gasteiger partial charge in [0, 0.05) is 18.6 Å². The van der Waals surface area contributed by atoms with Gasteiger partial charge < -0.3 is 9.47 Å². The van der Waals surface area contributed by atoms with Crippen LogP contribution in [-0.4, -0.2) is 28.2 Å². The first-order chi connectivity index (χ1) is 11.8. The van der Waals surface area contributed by atoms with Crippen molar-refractivity contribution in [3.05, 3.63) is 39.9 Å². The number of esters is 2. The number of nitro benzene ring substituents is 1. The van der Waals surface area contributed by atoms with E-state index in [1.54, 1.807) is 20.8 Å². The van der Waals surface area contributed by atoms with Gasteiger partial charge in [-0.2, -0.15) is 0 Å². The van der Waals surface area contributed by atoms with Crippen molar-refractivity contribution < 1.29 is 28.8 Å². The van der Waals surface area contributed by atoms with E-state index in [0.717, 1.165) is 0 Å². The molecule has 8 nitrogen and oxygen atoms in total. The van der Waals surface area contributed by atoms with E-state index in [9.17, 15) is 24.5 Å². The summed E-state index contributed by atoms with van der Waals surface area (Å²) < 4.78 is 10.2. The average molecular weight is 365 g/mol. The zero-order chi connectivity index (χ0) is 20.1. The van der Waals surface area contributed by atoms with Gasteiger partial charge in [-0.1, -0.05) is 0 Å². The highest BCUT2D eigenvalue weighted by Crippen LogP contribution is 2.26. The first-order valence-corrected chi connectivity index (χ1v) is 7.98. The van der Waals surface area contributed by atoms with Crippen molar-refractivity contribution >= 4 is 23.4 Å². The van der Waals surface area contributed by atoms with E-state index in [1.807, 2.05) is 0 Å². The number of ether oxygens (including phenoxy) is 2. The number of nitrogens with zero attached hydrogens (tertiary/aromatic N) is 1. The predicted octanol–water partition coefficient (Wildman–Crippen LogP) is 2.97. The SMILES string of the molecule is CC(C)(C)OC(=O)C(C)(C)CC(=O)C(=O)OCc1ccc([N+](=O)[O-])cc1. The molecule has 0 saturated heterocycles. The zero-order valence-corrected chi connectivity index (χ0v) is 15.5. The van der Waals surface area contributed by atoms with Gasteiger partial charge in [0.05, 0.1) is 10.3 Å². The number of ketones is 1. The summed E-state index contributed by atoms with van der Waals surface area (Å²) in [6, 6.07) is 5.41. The maximum atomic E-state index is 12.1. The van der Waals surface area contributed by atoms with Gasteiger partial charge in [0.15, 0.2) is 0 Å². The van der Waals surface area contributed by atoms with Crippen LogP contribution in [0.4, 0.5) is 5.69 Å². The third kappa shape index (κ3) is 6.62. The molecule has 8 heteroatoms. The van der Waals surface area contributed by atoms with Gasteiger partial charge >= 0.3 is 11.9 Å². The number of carbonyl (C=O) groups excluding carboxylic acids is 3. The Hall–Kier alpha value is -2.77. The molecular weight excluding hydrogens is 342 g/mol. The fraction of sp³-hybridized carbons (Fsp3) is 0.500. The van der Waals surface area contributed by atoms with E-state index in [1.165, 1.54) is 38.1 Å². The first kappa shape index (κ1) is 21.3. The second-order valence-corrected chi connectivity index (χ2v) is 7.49. The Morgan fingerprint density at radius 3 is 2.04 bits per heavy atom. The van der Waals surface area contributed by atoms with Crippen LogP contribution in [-0.2, 0) is 30.5 Å². The Morgan fingerprint density at radius 2 is 1.58 bits per heavy atom. The number of hydrogen-bond donors (Lipinski definition) is 0. The molecule has 142 valence electrons. The lowest BCUT2D eigenvalue weighted by atomic mass is 9.87. The summed E-state index contributed by atoms with van der Waals surface area (Å²) in [5.41, 5.74) is -1.46. The Kier molecular flexibility index (Phi) is 6.60. The molecule has 0 aliphatic carbocycles. The van der Waals surface area contributed by atoms with Crippen molar-refractivity contribution in [1.29, 1.82) is 0 Å². The van der Waals surface area contributed by atoms with E-state index in [-0.39, 0.29) is 18.7 Å². The minimum absolute atomic E-state index is 0.0877. The Morgan fingerprint density at radius 1 is 1.04 bits per heavy atom. The van der Waals surface area contributed by atoms with Crippen molar-refractivity contribution in [1.82, 2.24) is 0 Å². The lowest BCUT2D eigenvalue weighted by Crippen LogP contribution is -2.36. The molecule has 1 aromatic rings. The standard InChI is InChI=1S/C18H23NO7/c1-17(2,3)26-16(22)18(4,5)10-14(20)15(21)25-11-12-6-8-13(9-7-12)19(23)24/h6-9H,10-11H2,1-5H3. The number of Topliss-reactive ketones (excluding diaryl/α,β-unsaturated/α-hetero) is 1.